The summed E-state index contributed by atoms with van der Waals surface area (Å²) in [4.78, 5) is 16.9. The van der Waals surface area contributed by atoms with Gasteiger partial charge in [-0.05, 0) is 56.2 Å². The summed E-state index contributed by atoms with van der Waals surface area (Å²) in [5, 5.41) is 14.5. The topological polar surface area (TPSA) is 76.5 Å². The maximum atomic E-state index is 12.2. The van der Waals surface area contributed by atoms with Gasteiger partial charge in [-0.1, -0.05) is 110 Å². The second-order valence-electron chi connectivity index (χ2n) is 15.0. The van der Waals surface area contributed by atoms with E-state index in [4.69, 9.17) is 13.8 Å². The standard InChI is InChI=1S/C30H24NO2.C15H28O2.Ir/c1-18-27(23-11-7-8-12-25(23)32-18)26-17-20-13-14-31-28(29(20)33-26)21-15-19-9-5-6-10-22(19)24(16-21)30(2,3)4;1-7-14(5,8-2)12(16)11-13(17)15(6,9-3)10-4;/h5-14,16-17H,1-4H3;11,16H,7-10H2,1-6H3;/q-1;;/b;12-11-;. The number of aliphatic hydroxyl groups is 1. The molecule has 6 heteroatoms. The summed E-state index contributed by atoms with van der Waals surface area (Å²) in [5.41, 5.74) is 5.02. The number of carbonyl (C=O) groups excluding carboxylic acids is 1. The Labute approximate surface area is 316 Å². The van der Waals surface area contributed by atoms with Crippen LogP contribution in [-0.2, 0) is 30.3 Å². The van der Waals surface area contributed by atoms with Crippen LogP contribution >= 0.6 is 0 Å². The van der Waals surface area contributed by atoms with Crippen LogP contribution in [0.3, 0.4) is 0 Å². The second kappa shape index (κ2) is 15.7. The normalized spacial score (nSPS) is 12.5. The monoisotopic (exact) mass is 863 g/mol. The summed E-state index contributed by atoms with van der Waals surface area (Å²) < 4.78 is 12.5. The number of fused-ring (bicyclic) bond motifs is 3. The first-order chi connectivity index (χ1) is 23.7. The number of benzene rings is 3. The van der Waals surface area contributed by atoms with Gasteiger partial charge in [0.25, 0.3) is 0 Å². The van der Waals surface area contributed by atoms with Crippen molar-refractivity contribution in [2.24, 2.45) is 10.8 Å². The predicted molar refractivity (Wildman–Crippen MR) is 208 cm³/mol. The van der Waals surface area contributed by atoms with E-state index in [2.05, 4.69) is 69.3 Å². The van der Waals surface area contributed by atoms with Crippen LogP contribution < -0.4 is 0 Å². The van der Waals surface area contributed by atoms with Crippen LogP contribution in [0.25, 0.3) is 55.3 Å². The Morgan fingerprint density at radius 1 is 0.824 bits per heavy atom. The number of rotatable bonds is 9. The Morgan fingerprint density at radius 2 is 1.43 bits per heavy atom. The van der Waals surface area contributed by atoms with Crippen molar-refractivity contribution >= 4 is 38.5 Å². The molecule has 0 fully saturated rings. The van der Waals surface area contributed by atoms with Gasteiger partial charge in [-0.3, -0.25) is 9.78 Å². The molecule has 5 nitrogen and oxygen atoms in total. The average molecular weight is 863 g/mol. The summed E-state index contributed by atoms with van der Waals surface area (Å²) in [6.45, 7) is 20.8. The number of hydrogen-bond donors (Lipinski definition) is 1. The SMILES string of the molecule is CCC(C)(CC)C(=O)/C=C(\O)C(C)(CC)CC.Cc1oc2ccccc2c1-c1cc2ccnc(-c3[c-]c4ccccc4c(C(C)(C)C)c3)c2o1.[Ir]. The molecule has 0 aliphatic carbocycles. The number of aliphatic hydroxyl groups excluding tert-OH is 1. The van der Waals surface area contributed by atoms with E-state index in [1.54, 1.807) is 0 Å². The second-order valence-corrected chi connectivity index (χ2v) is 15.0. The van der Waals surface area contributed by atoms with E-state index in [1.165, 1.54) is 17.0 Å². The number of aryl methyl sites for hydroxylation is 1. The summed E-state index contributed by atoms with van der Waals surface area (Å²) in [7, 11) is 0. The molecule has 271 valence electrons. The van der Waals surface area contributed by atoms with Crippen molar-refractivity contribution in [3.63, 3.8) is 0 Å². The van der Waals surface area contributed by atoms with Crippen LogP contribution in [0, 0.1) is 23.8 Å². The third-order valence-corrected chi connectivity index (χ3v) is 10.9. The zero-order valence-corrected chi connectivity index (χ0v) is 34.2. The Kier molecular flexibility index (Phi) is 12.3. The van der Waals surface area contributed by atoms with Crippen LogP contribution in [0.4, 0.5) is 0 Å². The summed E-state index contributed by atoms with van der Waals surface area (Å²) >= 11 is 0. The minimum absolute atomic E-state index is 0. The Morgan fingerprint density at radius 3 is 2.06 bits per heavy atom. The largest absolute Gasteiger partial charge is 0.512 e. The van der Waals surface area contributed by atoms with Crippen molar-refractivity contribution in [2.75, 3.05) is 0 Å². The van der Waals surface area contributed by atoms with E-state index in [-0.39, 0.29) is 47.9 Å². The molecule has 0 aliphatic rings. The third-order valence-electron chi connectivity index (χ3n) is 10.9. The molecule has 0 amide bonds. The molecular formula is C45H52IrNO4-. The number of pyridine rings is 1. The smallest absolute Gasteiger partial charge is 0.164 e. The van der Waals surface area contributed by atoms with E-state index < -0.39 is 0 Å². The molecule has 3 aromatic carbocycles. The van der Waals surface area contributed by atoms with Gasteiger partial charge in [0.2, 0.25) is 0 Å². The quantitative estimate of drug-likeness (QED) is 0.0890. The van der Waals surface area contributed by atoms with Crippen LogP contribution in [0.5, 0.6) is 0 Å². The molecule has 0 atom stereocenters. The maximum absolute atomic E-state index is 12.2. The number of nitrogens with zero attached hydrogens (tertiary/aromatic N) is 1. The van der Waals surface area contributed by atoms with Gasteiger partial charge < -0.3 is 13.9 Å². The van der Waals surface area contributed by atoms with Gasteiger partial charge in [-0.15, -0.1) is 29.1 Å². The summed E-state index contributed by atoms with van der Waals surface area (Å²) in [6.07, 6.45) is 6.60. The average Bonchev–Trinajstić information content (AvgIpc) is 3.69. The Bertz CT molecular complexity index is 2170. The number of para-hydroxylation sites is 1. The number of allylic oxidation sites excluding steroid dienone is 2. The van der Waals surface area contributed by atoms with Crippen molar-refractivity contribution in [1.29, 1.82) is 0 Å². The van der Waals surface area contributed by atoms with Crippen LogP contribution in [0.15, 0.2) is 93.6 Å². The van der Waals surface area contributed by atoms with Crippen molar-refractivity contribution in [3.8, 4) is 22.6 Å². The van der Waals surface area contributed by atoms with Crippen LogP contribution in [0.1, 0.15) is 99.3 Å². The predicted octanol–water partition coefficient (Wildman–Crippen LogP) is 13.1. The van der Waals surface area contributed by atoms with E-state index in [0.717, 1.165) is 81.3 Å². The van der Waals surface area contributed by atoms with Gasteiger partial charge in [0.1, 0.15) is 28.4 Å². The van der Waals surface area contributed by atoms with Crippen molar-refractivity contribution in [1.82, 2.24) is 4.98 Å². The van der Waals surface area contributed by atoms with E-state index >= 15 is 0 Å². The first-order valence-electron chi connectivity index (χ1n) is 18.0. The first kappa shape index (κ1) is 39.8. The molecular weight excluding hydrogens is 811 g/mol. The fourth-order valence-electron chi connectivity index (χ4n) is 6.42. The Hall–Kier alpha value is -3.99. The first-order valence-corrected chi connectivity index (χ1v) is 18.0. The van der Waals surface area contributed by atoms with Gasteiger partial charge in [-0.25, -0.2) is 0 Å². The molecule has 1 radical (unpaired) electrons. The molecule has 3 heterocycles. The molecule has 0 bridgehead atoms. The number of carbonyl (C=O) groups is 1. The number of aromatic nitrogens is 1. The molecule has 0 saturated heterocycles. The number of ketones is 1. The van der Waals surface area contributed by atoms with Gasteiger partial charge in [-0.2, -0.15) is 0 Å². The third kappa shape index (κ3) is 7.93. The van der Waals surface area contributed by atoms with Gasteiger partial charge in [0, 0.05) is 59.7 Å². The van der Waals surface area contributed by atoms with Crippen LogP contribution in [0.2, 0.25) is 0 Å². The molecule has 6 rings (SSSR count). The molecule has 6 aromatic rings. The molecule has 0 aliphatic heterocycles. The fraction of sp³-hybridized carbons (Fsp3) is 0.378. The van der Waals surface area contributed by atoms with Crippen molar-refractivity contribution < 1.29 is 38.8 Å². The van der Waals surface area contributed by atoms with Crippen LogP contribution in [-0.4, -0.2) is 15.9 Å². The zero-order valence-electron chi connectivity index (χ0n) is 31.8. The molecule has 0 unspecified atom stereocenters. The minimum Gasteiger partial charge on any atom is -0.512 e. The van der Waals surface area contributed by atoms with E-state index in [1.807, 2.05) is 78.9 Å². The Balaban J connectivity index is 0.000000279. The maximum Gasteiger partial charge on any atom is 0.164 e. The number of hydrogen-bond acceptors (Lipinski definition) is 5. The van der Waals surface area contributed by atoms with E-state index in [0.29, 0.717) is 0 Å². The van der Waals surface area contributed by atoms with Crippen molar-refractivity contribution in [2.45, 2.75) is 100 Å². The van der Waals surface area contributed by atoms with E-state index in [9.17, 15) is 9.90 Å². The fourth-order valence-corrected chi connectivity index (χ4v) is 6.42. The van der Waals surface area contributed by atoms with Gasteiger partial charge in [0.15, 0.2) is 5.78 Å². The molecule has 1 N–H and O–H groups in total. The van der Waals surface area contributed by atoms with Crippen molar-refractivity contribution in [3.05, 3.63) is 102 Å². The minimum atomic E-state index is -0.337. The molecule has 51 heavy (non-hydrogen) atoms. The van der Waals surface area contributed by atoms with Gasteiger partial charge in [0.05, 0.1) is 5.56 Å². The number of furan rings is 2. The van der Waals surface area contributed by atoms with Gasteiger partial charge >= 0.3 is 0 Å². The molecule has 0 saturated carbocycles. The molecule has 0 spiro atoms. The molecule has 3 aromatic heterocycles. The summed E-state index contributed by atoms with van der Waals surface area (Å²) in [5.74, 6) is 1.92. The zero-order chi connectivity index (χ0) is 36.4. The summed E-state index contributed by atoms with van der Waals surface area (Å²) in [6, 6.07) is 26.4.